The van der Waals surface area contributed by atoms with Gasteiger partial charge in [0.1, 0.15) is 6.04 Å². The first kappa shape index (κ1) is 14.9. The van der Waals surface area contributed by atoms with Crippen molar-refractivity contribution in [1.82, 2.24) is 4.90 Å². The summed E-state index contributed by atoms with van der Waals surface area (Å²) < 4.78 is 0. The molecule has 1 atom stereocenters. The maximum absolute atomic E-state index is 11.4. The molecule has 0 saturated carbocycles. The summed E-state index contributed by atoms with van der Waals surface area (Å²) in [4.78, 5) is 13.9. The van der Waals surface area contributed by atoms with E-state index in [4.69, 9.17) is 0 Å². The van der Waals surface area contributed by atoms with Crippen LogP contribution >= 0.6 is 0 Å². The van der Waals surface area contributed by atoms with Gasteiger partial charge in [-0.3, -0.25) is 4.90 Å². The molecule has 1 aliphatic heterocycles. The lowest BCUT2D eigenvalue weighted by atomic mass is 9.96. The van der Waals surface area contributed by atoms with E-state index in [9.17, 15) is 4.91 Å². The second-order valence-electron chi connectivity index (χ2n) is 6.15. The van der Waals surface area contributed by atoms with Crippen LogP contribution in [0.5, 0.6) is 0 Å². The minimum Gasteiger partial charge on any atom is -0.299 e. The molecule has 3 nitrogen and oxygen atoms in total. The summed E-state index contributed by atoms with van der Waals surface area (Å²) in [6.07, 6.45) is 2.59. The molecule has 22 heavy (non-hydrogen) atoms. The lowest BCUT2D eigenvalue weighted by Gasteiger charge is -2.16. The van der Waals surface area contributed by atoms with Gasteiger partial charge in [-0.05, 0) is 49.5 Å². The second-order valence-corrected chi connectivity index (χ2v) is 6.15. The Labute approximate surface area is 131 Å². The zero-order valence-electron chi connectivity index (χ0n) is 13.0. The number of nitroso groups, excluding NO2 is 1. The Morgan fingerprint density at radius 1 is 1.05 bits per heavy atom. The largest absolute Gasteiger partial charge is 0.299 e. The van der Waals surface area contributed by atoms with Crippen molar-refractivity contribution in [2.75, 3.05) is 13.1 Å². The highest BCUT2D eigenvalue weighted by atomic mass is 16.3. The lowest BCUT2D eigenvalue weighted by Crippen LogP contribution is -2.18. The van der Waals surface area contributed by atoms with Crippen molar-refractivity contribution in [3.8, 4) is 0 Å². The predicted octanol–water partition coefficient (Wildman–Crippen LogP) is 4.45. The molecule has 3 heteroatoms. The highest BCUT2D eigenvalue weighted by Crippen LogP contribution is 2.27. The second kappa shape index (κ2) is 6.84. The van der Waals surface area contributed by atoms with E-state index < -0.39 is 6.04 Å². The topological polar surface area (TPSA) is 32.7 Å². The number of likely N-dealkylation sites (tertiary alicyclic amines) is 1. The van der Waals surface area contributed by atoms with E-state index in [2.05, 4.69) is 22.2 Å². The molecule has 3 rings (SSSR count). The third-order valence-electron chi connectivity index (χ3n) is 4.33. The Balaban J connectivity index is 1.84. The molecule has 1 aliphatic rings. The first-order valence-electron chi connectivity index (χ1n) is 7.96. The van der Waals surface area contributed by atoms with Crippen molar-refractivity contribution in [1.29, 1.82) is 0 Å². The average Bonchev–Trinajstić information content (AvgIpc) is 3.01. The van der Waals surface area contributed by atoms with Crippen LogP contribution in [0, 0.1) is 11.8 Å². The highest BCUT2D eigenvalue weighted by Gasteiger charge is 2.16. The fourth-order valence-corrected chi connectivity index (χ4v) is 3.21. The van der Waals surface area contributed by atoms with Crippen molar-refractivity contribution < 1.29 is 0 Å². The lowest BCUT2D eigenvalue weighted by molar-refractivity contribution is 0.331. The fraction of sp³-hybridized carbons (Fsp3) is 0.368. The zero-order chi connectivity index (χ0) is 15.4. The number of benzene rings is 2. The van der Waals surface area contributed by atoms with Crippen LogP contribution < -0.4 is 0 Å². The van der Waals surface area contributed by atoms with E-state index in [-0.39, 0.29) is 0 Å². The summed E-state index contributed by atoms with van der Waals surface area (Å²) >= 11 is 0. The Hall–Kier alpha value is -2.00. The molecule has 0 spiro atoms. The molecule has 1 unspecified atom stereocenters. The van der Waals surface area contributed by atoms with Gasteiger partial charge in [0, 0.05) is 6.54 Å². The van der Waals surface area contributed by atoms with Crippen LogP contribution in [0.2, 0.25) is 0 Å². The molecule has 0 aliphatic carbocycles. The van der Waals surface area contributed by atoms with E-state index in [1.807, 2.05) is 43.3 Å². The number of hydrogen-bond donors (Lipinski definition) is 0. The molecule has 1 saturated heterocycles. The van der Waals surface area contributed by atoms with Crippen molar-refractivity contribution in [3.05, 3.63) is 75.7 Å². The smallest absolute Gasteiger partial charge is 0.142 e. The number of nitrogens with zero attached hydrogens (tertiary/aromatic N) is 2. The molecule has 0 bridgehead atoms. The van der Waals surface area contributed by atoms with Crippen LogP contribution in [-0.2, 0) is 6.54 Å². The van der Waals surface area contributed by atoms with Gasteiger partial charge in [-0.1, -0.05) is 59.3 Å². The Bertz CT molecular complexity index is 647. The Kier molecular flexibility index (Phi) is 4.64. The molecule has 2 aromatic rings. The van der Waals surface area contributed by atoms with Crippen LogP contribution in [0.25, 0.3) is 0 Å². The maximum Gasteiger partial charge on any atom is 0.142 e. The minimum absolute atomic E-state index is 0.418. The van der Waals surface area contributed by atoms with Crippen LogP contribution in [0.15, 0.2) is 53.7 Å². The molecule has 0 aromatic heterocycles. The van der Waals surface area contributed by atoms with Crippen molar-refractivity contribution in [2.24, 2.45) is 5.18 Å². The Morgan fingerprint density at radius 2 is 1.73 bits per heavy atom. The standard InChI is InChI=1S/C19H22N2O/c1-15-6-4-8-17(12-15)19(20-22)18-9-5-7-16(13-18)14-21-10-2-3-11-21/h4-9,12-13,19H,2-3,10-11,14H2,1H3. The SMILES string of the molecule is Cc1cccc(C(N=O)c2cccc(CN3CCCC3)c2)c1. The van der Waals surface area contributed by atoms with Gasteiger partial charge in [-0.2, -0.15) is 0 Å². The average molecular weight is 294 g/mol. The van der Waals surface area contributed by atoms with Crippen LogP contribution in [0.4, 0.5) is 0 Å². The first-order valence-corrected chi connectivity index (χ1v) is 7.96. The summed E-state index contributed by atoms with van der Waals surface area (Å²) in [6.45, 7) is 5.36. The maximum atomic E-state index is 11.4. The fourth-order valence-electron chi connectivity index (χ4n) is 3.21. The predicted molar refractivity (Wildman–Crippen MR) is 89.8 cm³/mol. The normalized spacial score (nSPS) is 16.6. The Morgan fingerprint density at radius 3 is 2.41 bits per heavy atom. The molecular weight excluding hydrogens is 272 g/mol. The summed E-state index contributed by atoms with van der Waals surface area (Å²) in [5.41, 5.74) is 4.37. The van der Waals surface area contributed by atoms with Gasteiger partial charge in [-0.15, -0.1) is 4.91 Å². The highest BCUT2D eigenvalue weighted by molar-refractivity contribution is 5.36. The van der Waals surface area contributed by atoms with E-state index in [1.165, 1.54) is 31.5 Å². The van der Waals surface area contributed by atoms with Crippen LogP contribution in [0.1, 0.15) is 41.1 Å². The minimum atomic E-state index is -0.418. The molecule has 0 amide bonds. The monoisotopic (exact) mass is 294 g/mol. The third-order valence-corrected chi connectivity index (χ3v) is 4.33. The van der Waals surface area contributed by atoms with Gasteiger partial charge in [0.25, 0.3) is 0 Å². The number of hydrogen-bond acceptors (Lipinski definition) is 3. The van der Waals surface area contributed by atoms with E-state index in [0.29, 0.717) is 0 Å². The number of rotatable bonds is 5. The number of aryl methyl sites for hydroxylation is 1. The summed E-state index contributed by atoms with van der Waals surface area (Å²) in [5, 5.41) is 3.38. The molecule has 2 aromatic carbocycles. The van der Waals surface area contributed by atoms with Crippen molar-refractivity contribution in [3.63, 3.8) is 0 Å². The van der Waals surface area contributed by atoms with Gasteiger partial charge < -0.3 is 0 Å². The molecule has 1 heterocycles. The van der Waals surface area contributed by atoms with Crippen molar-refractivity contribution >= 4 is 0 Å². The van der Waals surface area contributed by atoms with E-state index >= 15 is 0 Å². The molecule has 0 radical (unpaired) electrons. The van der Waals surface area contributed by atoms with Gasteiger partial charge in [0.15, 0.2) is 0 Å². The quantitative estimate of drug-likeness (QED) is 0.763. The van der Waals surface area contributed by atoms with Gasteiger partial charge >= 0.3 is 0 Å². The molecule has 0 N–H and O–H groups in total. The summed E-state index contributed by atoms with van der Waals surface area (Å²) in [5.74, 6) is 0. The van der Waals surface area contributed by atoms with Gasteiger partial charge in [0.05, 0.1) is 0 Å². The third kappa shape index (κ3) is 3.42. The van der Waals surface area contributed by atoms with Crippen LogP contribution in [0.3, 0.4) is 0 Å². The molecule has 1 fully saturated rings. The van der Waals surface area contributed by atoms with E-state index in [0.717, 1.165) is 23.2 Å². The molecule has 114 valence electrons. The summed E-state index contributed by atoms with van der Waals surface area (Å²) in [7, 11) is 0. The van der Waals surface area contributed by atoms with E-state index in [1.54, 1.807) is 0 Å². The van der Waals surface area contributed by atoms with Crippen molar-refractivity contribution in [2.45, 2.75) is 32.4 Å². The molecular formula is C19H22N2O. The zero-order valence-corrected chi connectivity index (χ0v) is 13.0. The first-order chi connectivity index (χ1) is 10.8. The van der Waals surface area contributed by atoms with Crippen LogP contribution in [-0.4, -0.2) is 18.0 Å². The van der Waals surface area contributed by atoms with Gasteiger partial charge in [-0.25, -0.2) is 0 Å². The van der Waals surface area contributed by atoms with Gasteiger partial charge in [0.2, 0.25) is 0 Å². The summed E-state index contributed by atoms with van der Waals surface area (Å²) in [6, 6.07) is 15.9.